The van der Waals surface area contributed by atoms with Gasteiger partial charge in [0, 0.05) is 37.9 Å². The molecule has 1 aliphatic rings. The maximum atomic E-state index is 13.1. The summed E-state index contributed by atoms with van der Waals surface area (Å²) >= 11 is 0. The molecule has 188 valence electrons. The van der Waals surface area contributed by atoms with Gasteiger partial charge < -0.3 is 19.0 Å². The Morgan fingerprint density at radius 3 is 2.27 bits per heavy atom. The van der Waals surface area contributed by atoms with Gasteiger partial charge in [0.1, 0.15) is 11.3 Å². The molecule has 1 aliphatic heterocycles. The van der Waals surface area contributed by atoms with Crippen LogP contribution in [-0.4, -0.2) is 70.1 Å². The first-order chi connectivity index (χ1) is 18.0. The second kappa shape index (κ2) is 10.5. The number of carbonyl (C=O) groups excluding carboxylic acids is 3. The zero-order valence-electron chi connectivity index (χ0n) is 20.4. The monoisotopic (exact) mass is 498 g/mol. The van der Waals surface area contributed by atoms with Gasteiger partial charge in [0.15, 0.2) is 12.4 Å². The smallest absolute Gasteiger partial charge is 0.342 e. The highest BCUT2D eigenvalue weighted by Crippen LogP contribution is 2.25. The Balaban J connectivity index is 1.25. The van der Waals surface area contributed by atoms with Gasteiger partial charge in [-0.05, 0) is 31.2 Å². The molecule has 0 unspecified atom stereocenters. The van der Waals surface area contributed by atoms with Gasteiger partial charge in [0.25, 0.3) is 11.8 Å². The molecule has 9 nitrogen and oxygen atoms in total. The summed E-state index contributed by atoms with van der Waals surface area (Å²) in [5, 5.41) is 4.64. The molecule has 37 heavy (non-hydrogen) atoms. The van der Waals surface area contributed by atoms with Gasteiger partial charge in [0.2, 0.25) is 0 Å². The average molecular weight is 499 g/mol. The van der Waals surface area contributed by atoms with Crippen molar-refractivity contribution in [2.75, 3.05) is 32.8 Å². The van der Waals surface area contributed by atoms with Crippen LogP contribution in [0.3, 0.4) is 0 Å². The normalized spacial score (nSPS) is 13.4. The Hall–Kier alpha value is -4.66. The predicted molar refractivity (Wildman–Crippen MR) is 135 cm³/mol. The SMILES string of the molecule is Cc1ccc(-c2nn(-c3ccccc3)cc2C(=O)OCC(=O)N2CCN(C(=O)c3ccco3)CC2)cc1. The lowest BCUT2D eigenvalue weighted by Gasteiger charge is -2.34. The summed E-state index contributed by atoms with van der Waals surface area (Å²) in [5.74, 6) is -0.875. The first kappa shape index (κ1) is 24.1. The van der Waals surface area contributed by atoms with E-state index in [-0.39, 0.29) is 23.1 Å². The van der Waals surface area contributed by atoms with Crippen molar-refractivity contribution in [2.45, 2.75) is 6.92 Å². The van der Waals surface area contributed by atoms with Crippen molar-refractivity contribution in [1.82, 2.24) is 19.6 Å². The number of rotatable bonds is 6. The van der Waals surface area contributed by atoms with Crippen LogP contribution in [0.5, 0.6) is 0 Å². The van der Waals surface area contributed by atoms with Crippen molar-refractivity contribution in [1.29, 1.82) is 0 Å². The molecule has 0 N–H and O–H groups in total. The Kier molecular flexibility index (Phi) is 6.85. The second-order valence-corrected chi connectivity index (χ2v) is 8.76. The number of piperazine rings is 1. The molecule has 9 heteroatoms. The van der Waals surface area contributed by atoms with Crippen molar-refractivity contribution in [3.63, 3.8) is 0 Å². The van der Waals surface area contributed by atoms with Crippen LogP contribution in [0.4, 0.5) is 0 Å². The number of para-hydroxylation sites is 1. The summed E-state index contributed by atoms with van der Waals surface area (Å²) < 4.78 is 12.2. The lowest BCUT2D eigenvalue weighted by molar-refractivity contribution is -0.136. The van der Waals surface area contributed by atoms with E-state index < -0.39 is 12.6 Å². The molecule has 4 aromatic rings. The Morgan fingerprint density at radius 1 is 0.892 bits per heavy atom. The molecule has 0 spiro atoms. The number of hydrogen-bond acceptors (Lipinski definition) is 6. The van der Waals surface area contributed by atoms with Gasteiger partial charge in [-0.2, -0.15) is 5.10 Å². The third kappa shape index (κ3) is 5.30. The van der Waals surface area contributed by atoms with Crippen molar-refractivity contribution in [3.05, 3.63) is 96.1 Å². The zero-order valence-corrected chi connectivity index (χ0v) is 20.4. The number of aryl methyl sites for hydroxylation is 1. The number of hydrogen-bond donors (Lipinski definition) is 0. The number of aromatic nitrogens is 2. The molecule has 0 aliphatic carbocycles. The summed E-state index contributed by atoms with van der Waals surface area (Å²) in [6, 6.07) is 20.4. The van der Waals surface area contributed by atoms with Crippen LogP contribution in [0.25, 0.3) is 16.9 Å². The van der Waals surface area contributed by atoms with E-state index in [2.05, 4.69) is 5.10 Å². The van der Waals surface area contributed by atoms with Gasteiger partial charge in [-0.15, -0.1) is 0 Å². The molecule has 0 bridgehead atoms. The fourth-order valence-corrected chi connectivity index (χ4v) is 4.17. The lowest BCUT2D eigenvalue weighted by Crippen LogP contribution is -2.51. The molecule has 0 atom stereocenters. The van der Waals surface area contributed by atoms with E-state index in [9.17, 15) is 14.4 Å². The summed E-state index contributed by atoms with van der Waals surface area (Å²) in [4.78, 5) is 41.5. The molecule has 0 saturated carbocycles. The molecule has 2 aromatic carbocycles. The van der Waals surface area contributed by atoms with Gasteiger partial charge >= 0.3 is 5.97 Å². The van der Waals surface area contributed by atoms with E-state index >= 15 is 0 Å². The number of ether oxygens (including phenoxy) is 1. The average Bonchev–Trinajstić information content (AvgIpc) is 3.63. The molecule has 5 rings (SSSR count). The molecule has 2 amide bonds. The first-order valence-electron chi connectivity index (χ1n) is 12.0. The van der Waals surface area contributed by atoms with Crippen molar-refractivity contribution < 1.29 is 23.5 Å². The van der Waals surface area contributed by atoms with Crippen LogP contribution in [0.15, 0.2) is 83.6 Å². The van der Waals surface area contributed by atoms with Crippen molar-refractivity contribution in [3.8, 4) is 16.9 Å². The molecule has 1 saturated heterocycles. The second-order valence-electron chi connectivity index (χ2n) is 8.76. The minimum absolute atomic E-state index is 0.206. The van der Waals surface area contributed by atoms with Crippen molar-refractivity contribution >= 4 is 17.8 Å². The predicted octanol–water partition coefficient (Wildman–Crippen LogP) is 3.58. The van der Waals surface area contributed by atoms with Crippen LogP contribution in [-0.2, 0) is 9.53 Å². The maximum Gasteiger partial charge on any atom is 0.342 e. The third-order valence-electron chi connectivity index (χ3n) is 6.26. The standard InChI is InChI=1S/C28H26N4O5/c1-20-9-11-21(12-10-20)26-23(18-32(29-26)22-6-3-2-4-7-22)28(35)37-19-25(33)30-13-15-31(16-14-30)27(34)24-8-5-17-36-24/h2-12,17-18H,13-16,19H2,1H3. The topological polar surface area (TPSA) is 97.9 Å². The van der Waals surface area contributed by atoms with E-state index in [1.807, 2.05) is 61.5 Å². The fourth-order valence-electron chi connectivity index (χ4n) is 4.17. The largest absolute Gasteiger partial charge is 0.459 e. The number of nitrogens with zero attached hydrogens (tertiary/aromatic N) is 4. The molecular weight excluding hydrogens is 472 g/mol. The van der Waals surface area contributed by atoms with E-state index in [0.29, 0.717) is 31.9 Å². The Morgan fingerprint density at radius 2 is 1.59 bits per heavy atom. The summed E-state index contributed by atoms with van der Waals surface area (Å²) in [7, 11) is 0. The molecule has 1 fully saturated rings. The lowest BCUT2D eigenvalue weighted by atomic mass is 10.1. The summed E-state index contributed by atoms with van der Waals surface area (Å²) in [5.41, 5.74) is 3.41. The van der Waals surface area contributed by atoms with E-state index in [4.69, 9.17) is 9.15 Å². The minimum atomic E-state index is -0.627. The van der Waals surface area contributed by atoms with Crippen LogP contribution in [0.1, 0.15) is 26.5 Å². The van der Waals surface area contributed by atoms with Gasteiger partial charge in [-0.3, -0.25) is 9.59 Å². The molecule has 2 aromatic heterocycles. The van der Waals surface area contributed by atoms with Gasteiger partial charge in [-0.1, -0.05) is 48.0 Å². The van der Waals surface area contributed by atoms with Gasteiger partial charge in [-0.25, -0.2) is 9.48 Å². The molecule has 3 heterocycles. The number of amides is 2. The maximum absolute atomic E-state index is 13.1. The van der Waals surface area contributed by atoms with Crippen LogP contribution in [0.2, 0.25) is 0 Å². The van der Waals surface area contributed by atoms with Crippen LogP contribution in [0, 0.1) is 6.92 Å². The Labute approximate surface area is 213 Å². The van der Waals surface area contributed by atoms with E-state index in [1.165, 1.54) is 6.26 Å². The van der Waals surface area contributed by atoms with E-state index in [0.717, 1.165) is 16.8 Å². The quantitative estimate of drug-likeness (QED) is 0.377. The third-order valence-corrected chi connectivity index (χ3v) is 6.26. The number of furan rings is 1. The summed E-state index contributed by atoms with van der Waals surface area (Å²) in [6.45, 7) is 3.04. The molecule has 0 radical (unpaired) electrons. The fraction of sp³-hybridized carbons (Fsp3) is 0.214. The number of carbonyl (C=O) groups is 3. The van der Waals surface area contributed by atoms with Crippen LogP contribution < -0.4 is 0 Å². The zero-order chi connectivity index (χ0) is 25.8. The highest BCUT2D eigenvalue weighted by Gasteiger charge is 2.27. The number of esters is 1. The minimum Gasteiger partial charge on any atom is -0.459 e. The van der Waals surface area contributed by atoms with Gasteiger partial charge in [0.05, 0.1) is 12.0 Å². The van der Waals surface area contributed by atoms with Crippen molar-refractivity contribution in [2.24, 2.45) is 0 Å². The number of benzene rings is 2. The molecular formula is C28H26N4O5. The first-order valence-corrected chi connectivity index (χ1v) is 12.0. The van der Waals surface area contributed by atoms with Crippen LogP contribution >= 0.6 is 0 Å². The highest BCUT2D eigenvalue weighted by molar-refractivity contribution is 5.97. The Bertz CT molecular complexity index is 1390. The van der Waals surface area contributed by atoms with E-state index in [1.54, 1.807) is 32.8 Å². The highest BCUT2D eigenvalue weighted by atomic mass is 16.5. The summed E-state index contributed by atoms with van der Waals surface area (Å²) in [6.07, 6.45) is 3.07.